The van der Waals surface area contributed by atoms with Crippen molar-refractivity contribution in [3.8, 4) is 5.75 Å². The lowest BCUT2D eigenvalue weighted by atomic mass is 9.79. The first-order chi connectivity index (χ1) is 19.3. The minimum atomic E-state index is -2.60. The van der Waals surface area contributed by atoms with Crippen molar-refractivity contribution in [1.29, 1.82) is 0 Å². The lowest BCUT2D eigenvalue weighted by molar-refractivity contribution is -0.521. The van der Waals surface area contributed by atoms with Gasteiger partial charge < -0.3 is 36.6 Å². The molecule has 2 saturated heterocycles. The molecule has 5 atom stereocenters. The highest BCUT2D eigenvalue weighted by molar-refractivity contribution is 5.98. The highest BCUT2D eigenvalue weighted by Crippen LogP contribution is 2.43. The van der Waals surface area contributed by atoms with E-state index >= 15 is 0 Å². The van der Waals surface area contributed by atoms with Crippen LogP contribution in [0.4, 0.5) is 0 Å². The summed E-state index contributed by atoms with van der Waals surface area (Å²) in [6, 6.07) is 1.84. The Morgan fingerprint density at radius 1 is 1.29 bits per heavy atom. The maximum atomic E-state index is 13.6. The van der Waals surface area contributed by atoms with E-state index in [-0.39, 0.29) is 54.2 Å². The number of nitrogens with zero attached hydrogens (tertiary/aromatic N) is 2. The van der Waals surface area contributed by atoms with Gasteiger partial charge in [-0.2, -0.15) is 0 Å². The number of amides is 3. The molecule has 5 heterocycles. The fourth-order valence-corrected chi connectivity index (χ4v) is 6.66. The van der Waals surface area contributed by atoms with Crippen molar-refractivity contribution in [3.05, 3.63) is 29.3 Å². The van der Waals surface area contributed by atoms with Crippen molar-refractivity contribution in [3.63, 3.8) is 0 Å². The van der Waals surface area contributed by atoms with Crippen LogP contribution in [0.25, 0.3) is 0 Å². The summed E-state index contributed by atoms with van der Waals surface area (Å²) in [4.78, 5) is 46.7. The molecule has 1 spiro atoms. The molecule has 2 fully saturated rings. The Bertz CT molecular complexity index is 1380. The summed E-state index contributed by atoms with van der Waals surface area (Å²) < 4.78 is 5.89. The molecule has 3 amide bonds. The fourth-order valence-electron chi connectivity index (χ4n) is 6.66. The standard InChI is InChI=1S/C26H35N9O6/c1-24(2)8-9-41-18-12(4-3-5-13(18)24)20(37)32-16-11-35-23(28)31-15(10-29-21(38)14-6-7-17(36)30-14)19-25(35,26(16,39)40)34-22(27)33-19/h3-5,14-16,19,39-40H,6-11H2,1-2H3,(H2,28,31)(H,29,38)(H,30,36)(H,32,37)(H3,27,33,34)/p+1/t14?,15-,16?,19-,25-/m0/s1. The average Bonchev–Trinajstić information content (AvgIpc) is 3.57. The third-order valence-electron chi connectivity index (χ3n) is 8.95. The minimum Gasteiger partial charge on any atom is -0.492 e. The van der Waals surface area contributed by atoms with Gasteiger partial charge in [0.2, 0.25) is 17.6 Å². The number of ether oxygens (including phenoxy) is 1. The third-order valence-corrected chi connectivity index (χ3v) is 8.95. The van der Waals surface area contributed by atoms with Gasteiger partial charge in [0.1, 0.15) is 23.9 Å². The number of carbonyl (C=O) groups is 3. The molecule has 41 heavy (non-hydrogen) atoms. The minimum absolute atomic E-state index is 0.0231. The van der Waals surface area contributed by atoms with Gasteiger partial charge in [0.25, 0.3) is 11.6 Å². The smallest absolute Gasteiger partial charge is 0.343 e. The number of carbonyl (C=O) groups excluding carboxylic acids is 3. The van der Waals surface area contributed by atoms with Gasteiger partial charge in [-0.15, -0.1) is 0 Å². The zero-order chi connectivity index (χ0) is 29.3. The molecule has 6 rings (SSSR count). The molecule has 0 aliphatic carbocycles. The predicted octanol–water partition coefficient (Wildman–Crippen LogP) is -5.00. The number of guanidine groups is 2. The summed E-state index contributed by atoms with van der Waals surface area (Å²) in [7, 11) is 0. The van der Waals surface area contributed by atoms with Crippen LogP contribution in [0, 0.1) is 0 Å². The van der Waals surface area contributed by atoms with Gasteiger partial charge in [-0.3, -0.25) is 30.0 Å². The van der Waals surface area contributed by atoms with E-state index in [0.29, 0.717) is 18.8 Å². The maximum Gasteiger partial charge on any atom is 0.343 e. The molecule has 5 aliphatic rings. The van der Waals surface area contributed by atoms with Crippen molar-refractivity contribution < 1.29 is 34.3 Å². The number of aliphatic imine (C=N–C) groups is 1. The molecule has 11 N–H and O–H groups in total. The molecule has 0 aromatic heterocycles. The van der Waals surface area contributed by atoms with E-state index in [1.54, 1.807) is 12.1 Å². The second-order valence-electron chi connectivity index (χ2n) is 11.9. The molecule has 2 unspecified atom stereocenters. The van der Waals surface area contributed by atoms with Crippen LogP contribution in [-0.4, -0.2) is 100 Å². The number of hydrogen-bond acceptors (Lipinski definition) is 11. The Labute approximate surface area is 235 Å². The first-order valence-electron chi connectivity index (χ1n) is 13.7. The van der Waals surface area contributed by atoms with E-state index < -0.39 is 41.5 Å². The largest absolute Gasteiger partial charge is 0.492 e. The summed E-state index contributed by atoms with van der Waals surface area (Å²) in [6.07, 6.45) is 1.45. The lowest BCUT2D eigenvalue weighted by Crippen LogP contribution is -2.90. The molecule has 1 aromatic rings. The lowest BCUT2D eigenvalue weighted by Gasteiger charge is -2.46. The van der Waals surface area contributed by atoms with Crippen molar-refractivity contribution in [2.75, 3.05) is 19.7 Å². The summed E-state index contributed by atoms with van der Waals surface area (Å²) in [6.45, 7) is 4.51. The monoisotopic (exact) mass is 570 g/mol. The Balaban J connectivity index is 1.25. The van der Waals surface area contributed by atoms with E-state index in [0.717, 1.165) is 12.0 Å². The van der Waals surface area contributed by atoms with E-state index in [4.69, 9.17) is 16.2 Å². The maximum absolute atomic E-state index is 13.6. The Kier molecular flexibility index (Phi) is 6.08. The van der Waals surface area contributed by atoms with Crippen LogP contribution in [0.3, 0.4) is 0 Å². The number of benzene rings is 1. The number of para-hydroxylation sites is 1. The molecule has 0 saturated carbocycles. The van der Waals surface area contributed by atoms with Crippen LogP contribution in [0.5, 0.6) is 5.75 Å². The van der Waals surface area contributed by atoms with Crippen LogP contribution < -0.4 is 42.5 Å². The molecule has 15 heteroatoms. The van der Waals surface area contributed by atoms with E-state index in [1.165, 1.54) is 4.90 Å². The van der Waals surface area contributed by atoms with E-state index in [2.05, 4.69) is 45.1 Å². The van der Waals surface area contributed by atoms with Crippen molar-refractivity contribution in [1.82, 2.24) is 26.2 Å². The first-order valence-corrected chi connectivity index (χ1v) is 13.7. The number of fused-ring (bicyclic) bond motifs is 1. The molecule has 0 bridgehead atoms. The highest BCUT2D eigenvalue weighted by atomic mass is 16.5. The van der Waals surface area contributed by atoms with Crippen LogP contribution in [-0.2, 0) is 15.0 Å². The van der Waals surface area contributed by atoms with Crippen molar-refractivity contribution >= 4 is 29.6 Å². The average molecular weight is 571 g/mol. The zero-order valence-corrected chi connectivity index (χ0v) is 22.9. The van der Waals surface area contributed by atoms with Gasteiger partial charge in [0, 0.05) is 18.5 Å². The van der Waals surface area contributed by atoms with Crippen LogP contribution in [0.1, 0.15) is 49.0 Å². The number of aliphatic hydroxyl groups is 2. The molecular weight excluding hydrogens is 534 g/mol. The Hall–Kier alpha value is -4.11. The van der Waals surface area contributed by atoms with Gasteiger partial charge in [-0.1, -0.05) is 26.0 Å². The van der Waals surface area contributed by atoms with Crippen molar-refractivity contribution in [2.45, 2.75) is 74.1 Å². The zero-order valence-electron chi connectivity index (χ0n) is 22.9. The second-order valence-corrected chi connectivity index (χ2v) is 11.9. The predicted molar refractivity (Wildman–Crippen MR) is 144 cm³/mol. The van der Waals surface area contributed by atoms with Gasteiger partial charge in [0.05, 0.1) is 18.7 Å². The summed E-state index contributed by atoms with van der Waals surface area (Å²) in [5.41, 5.74) is 11.7. The fraction of sp³-hybridized carbons (Fsp3) is 0.577. The number of rotatable bonds is 5. The number of nitrogens with two attached hydrogens (primary N) is 2. The molecule has 5 aliphatic heterocycles. The van der Waals surface area contributed by atoms with E-state index in [1.807, 2.05) is 6.07 Å². The Morgan fingerprint density at radius 2 is 2.07 bits per heavy atom. The molecular formula is C26H36N9O6+. The van der Waals surface area contributed by atoms with Crippen LogP contribution >= 0.6 is 0 Å². The van der Waals surface area contributed by atoms with Crippen molar-refractivity contribution in [2.24, 2.45) is 16.5 Å². The first kappa shape index (κ1) is 27.1. The quantitative estimate of drug-likeness (QED) is 0.153. The van der Waals surface area contributed by atoms with Gasteiger partial charge >= 0.3 is 5.96 Å². The topological polar surface area (TPSA) is 231 Å². The number of nitrogens with one attached hydrogen (secondary N) is 5. The Morgan fingerprint density at radius 3 is 2.80 bits per heavy atom. The third kappa shape index (κ3) is 4.05. The summed E-state index contributed by atoms with van der Waals surface area (Å²) in [5, 5.41) is 34.5. The highest BCUT2D eigenvalue weighted by Gasteiger charge is 2.76. The molecule has 220 valence electrons. The number of hydrogen-bond donors (Lipinski definition) is 9. The van der Waals surface area contributed by atoms with Crippen LogP contribution in [0.2, 0.25) is 0 Å². The molecule has 0 radical (unpaired) electrons. The van der Waals surface area contributed by atoms with Gasteiger partial charge in [-0.25, -0.2) is 10.3 Å². The van der Waals surface area contributed by atoms with Crippen LogP contribution in [0.15, 0.2) is 23.2 Å². The summed E-state index contributed by atoms with van der Waals surface area (Å²) >= 11 is 0. The normalized spacial score (nSPS) is 32.3. The SMILES string of the molecule is CC1(C)CCOc2c(C(=O)NC3CN4C(N)=N[C@@H](CNC(=O)C5CCC(=O)N5)[C@@H]5[NH+]=C(N)N[C@@]54C3(O)O)cccc21. The van der Waals surface area contributed by atoms with Gasteiger partial charge in [-0.05, 0) is 24.3 Å². The molecule has 1 aromatic carbocycles. The second kappa shape index (κ2) is 9.21. The summed E-state index contributed by atoms with van der Waals surface area (Å²) in [5.74, 6) is -3.20. The molecule has 15 nitrogen and oxygen atoms in total. The van der Waals surface area contributed by atoms with Gasteiger partial charge in [0.15, 0.2) is 12.0 Å². The van der Waals surface area contributed by atoms with E-state index in [9.17, 15) is 24.6 Å².